The fourth-order valence-corrected chi connectivity index (χ4v) is 2.97. The van der Waals surface area contributed by atoms with Crippen LogP contribution in [0.1, 0.15) is 30.3 Å². The Bertz CT molecular complexity index is 830. The molecule has 1 aromatic carbocycles. The minimum absolute atomic E-state index is 0.00464. The topological polar surface area (TPSA) is 92.4 Å². The number of nitrogens with zero attached hydrogens (tertiary/aromatic N) is 2. The number of aromatic amines is 1. The zero-order valence-electron chi connectivity index (χ0n) is 13.4. The van der Waals surface area contributed by atoms with E-state index in [-0.39, 0.29) is 23.8 Å². The summed E-state index contributed by atoms with van der Waals surface area (Å²) < 4.78 is 5.11. The highest BCUT2D eigenvalue weighted by molar-refractivity contribution is 6.02. The molecule has 1 aliphatic heterocycles. The molecule has 3 rings (SSSR count). The van der Waals surface area contributed by atoms with Crippen LogP contribution in [-0.2, 0) is 9.53 Å². The molecule has 1 N–H and O–H groups in total. The van der Waals surface area contributed by atoms with Crippen molar-refractivity contribution in [1.29, 1.82) is 0 Å². The molecule has 1 aliphatic rings. The predicted molar refractivity (Wildman–Crippen MR) is 87.6 cm³/mol. The first kappa shape index (κ1) is 16.2. The van der Waals surface area contributed by atoms with Gasteiger partial charge < -0.3 is 9.64 Å². The maximum absolute atomic E-state index is 12.2. The molecule has 0 aliphatic carbocycles. The third kappa shape index (κ3) is 3.29. The van der Waals surface area contributed by atoms with Crippen LogP contribution in [0.2, 0.25) is 0 Å². The van der Waals surface area contributed by atoms with Crippen molar-refractivity contribution in [1.82, 2.24) is 15.1 Å². The van der Waals surface area contributed by atoms with Crippen LogP contribution in [0.5, 0.6) is 0 Å². The van der Waals surface area contributed by atoms with Gasteiger partial charge in [0.15, 0.2) is 12.3 Å². The number of amides is 1. The summed E-state index contributed by atoms with van der Waals surface area (Å²) in [5, 5.41) is 6.82. The molecule has 0 bridgehead atoms. The molecule has 1 fully saturated rings. The molecule has 7 heteroatoms. The van der Waals surface area contributed by atoms with E-state index in [1.165, 1.54) is 0 Å². The molecule has 1 amide bonds. The van der Waals surface area contributed by atoms with Crippen molar-refractivity contribution < 1.29 is 14.3 Å². The summed E-state index contributed by atoms with van der Waals surface area (Å²) in [4.78, 5) is 37.9. The molecule has 0 radical (unpaired) electrons. The zero-order valence-corrected chi connectivity index (χ0v) is 13.4. The minimum Gasteiger partial charge on any atom is -0.451 e. The number of benzene rings is 1. The van der Waals surface area contributed by atoms with Gasteiger partial charge in [-0.15, -0.1) is 0 Å². The molecule has 2 heterocycles. The summed E-state index contributed by atoms with van der Waals surface area (Å²) in [5.41, 5.74) is -0.370. The van der Waals surface area contributed by atoms with Crippen LogP contribution in [0.25, 0.3) is 10.8 Å². The van der Waals surface area contributed by atoms with Crippen LogP contribution >= 0.6 is 0 Å². The second-order valence-electron chi connectivity index (χ2n) is 6.11. The van der Waals surface area contributed by atoms with E-state index in [0.717, 1.165) is 12.8 Å². The number of rotatable bonds is 3. The largest absolute Gasteiger partial charge is 0.451 e. The first-order chi connectivity index (χ1) is 11.6. The average Bonchev–Trinajstić information content (AvgIpc) is 2.60. The molecule has 1 saturated heterocycles. The van der Waals surface area contributed by atoms with Gasteiger partial charge >= 0.3 is 5.97 Å². The van der Waals surface area contributed by atoms with Crippen LogP contribution in [0.3, 0.4) is 0 Å². The minimum atomic E-state index is -0.721. The number of hydrogen-bond donors (Lipinski definition) is 1. The van der Waals surface area contributed by atoms with Gasteiger partial charge in [0.2, 0.25) is 0 Å². The first-order valence-electron chi connectivity index (χ1n) is 7.98. The average molecular weight is 329 g/mol. The fourth-order valence-electron chi connectivity index (χ4n) is 2.97. The van der Waals surface area contributed by atoms with Gasteiger partial charge in [0.25, 0.3) is 11.5 Å². The second kappa shape index (κ2) is 6.82. The van der Waals surface area contributed by atoms with Gasteiger partial charge in [-0.2, -0.15) is 5.10 Å². The zero-order chi connectivity index (χ0) is 17.1. The Morgan fingerprint density at radius 1 is 1.33 bits per heavy atom. The van der Waals surface area contributed by atoms with Crippen molar-refractivity contribution >= 4 is 22.6 Å². The maximum Gasteiger partial charge on any atom is 0.359 e. The highest BCUT2D eigenvalue weighted by Crippen LogP contribution is 2.16. The molecule has 126 valence electrons. The second-order valence-corrected chi connectivity index (χ2v) is 6.11. The number of piperidine rings is 1. The van der Waals surface area contributed by atoms with Crippen LogP contribution in [-0.4, -0.2) is 46.7 Å². The molecule has 1 unspecified atom stereocenters. The molecular weight excluding hydrogens is 310 g/mol. The lowest BCUT2D eigenvalue weighted by Gasteiger charge is -2.30. The van der Waals surface area contributed by atoms with E-state index in [1.54, 1.807) is 29.2 Å². The monoisotopic (exact) mass is 329 g/mol. The Morgan fingerprint density at radius 3 is 2.83 bits per heavy atom. The number of carbonyl (C=O) groups excluding carboxylic acids is 2. The molecule has 24 heavy (non-hydrogen) atoms. The van der Waals surface area contributed by atoms with Crippen molar-refractivity contribution in [3.63, 3.8) is 0 Å². The number of carbonyl (C=O) groups is 2. The predicted octanol–water partition coefficient (Wildman–Crippen LogP) is 1.34. The Labute approximate surface area is 138 Å². The summed E-state index contributed by atoms with van der Waals surface area (Å²) >= 11 is 0. The molecular formula is C17H19N3O4. The summed E-state index contributed by atoms with van der Waals surface area (Å²) in [6.07, 6.45) is 2.07. The third-order valence-corrected chi connectivity index (χ3v) is 4.23. The number of H-pyrrole nitrogens is 1. The van der Waals surface area contributed by atoms with E-state index >= 15 is 0 Å². The molecule has 0 spiro atoms. The lowest BCUT2D eigenvalue weighted by Crippen LogP contribution is -2.41. The number of nitrogens with one attached hydrogen (secondary N) is 1. The number of aromatic nitrogens is 2. The molecule has 1 aromatic heterocycles. The van der Waals surface area contributed by atoms with Crippen LogP contribution in [0, 0.1) is 5.92 Å². The summed E-state index contributed by atoms with van der Waals surface area (Å²) in [7, 11) is 0. The van der Waals surface area contributed by atoms with Crippen LogP contribution < -0.4 is 5.56 Å². The Kier molecular flexibility index (Phi) is 4.59. The highest BCUT2D eigenvalue weighted by Gasteiger charge is 2.23. The van der Waals surface area contributed by atoms with Crippen LogP contribution in [0.4, 0.5) is 0 Å². The van der Waals surface area contributed by atoms with Crippen LogP contribution in [0.15, 0.2) is 29.1 Å². The molecule has 2 aromatic rings. The van der Waals surface area contributed by atoms with E-state index < -0.39 is 5.97 Å². The van der Waals surface area contributed by atoms with Crippen molar-refractivity contribution in [2.75, 3.05) is 19.7 Å². The first-order valence-corrected chi connectivity index (χ1v) is 7.98. The third-order valence-electron chi connectivity index (χ3n) is 4.23. The van der Waals surface area contributed by atoms with Crippen molar-refractivity contribution in [2.24, 2.45) is 5.92 Å². The summed E-state index contributed by atoms with van der Waals surface area (Å²) in [6, 6.07) is 6.64. The van der Waals surface area contributed by atoms with E-state index in [1.807, 2.05) is 0 Å². The molecule has 7 nitrogen and oxygen atoms in total. The normalized spacial score (nSPS) is 17.7. The summed E-state index contributed by atoms with van der Waals surface area (Å²) in [6.45, 7) is 3.17. The van der Waals surface area contributed by atoms with Crippen molar-refractivity contribution in [2.45, 2.75) is 19.8 Å². The standard InChI is InChI=1S/C17H19N3O4/c1-11-5-4-8-20(9-11)14(21)10-24-17(23)15-12-6-2-3-7-13(12)16(22)19-18-15/h2-3,6-7,11H,4-5,8-10H2,1H3,(H,19,22). The quantitative estimate of drug-likeness (QED) is 0.858. The Morgan fingerprint density at radius 2 is 2.08 bits per heavy atom. The van der Waals surface area contributed by atoms with Gasteiger partial charge in [0, 0.05) is 18.5 Å². The number of likely N-dealkylation sites (tertiary alicyclic amines) is 1. The number of hydrogen-bond acceptors (Lipinski definition) is 5. The van der Waals surface area contributed by atoms with Crippen molar-refractivity contribution in [3.8, 4) is 0 Å². The van der Waals surface area contributed by atoms with E-state index in [9.17, 15) is 14.4 Å². The van der Waals surface area contributed by atoms with E-state index in [2.05, 4.69) is 17.1 Å². The number of ether oxygens (including phenoxy) is 1. The lowest BCUT2D eigenvalue weighted by molar-refractivity contribution is -0.136. The van der Waals surface area contributed by atoms with Gasteiger partial charge in [0.1, 0.15) is 0 Å². The number of esters is 1. The van der Waals surface area contributed by atoms with Gasteiger partial charge in [0.05, 0.1) is 5.39 Å². The molecule has 0 saturated carbocycles. The summed E-state index contributed by atoms with van der Waals surface area (Å²) in [5.74, 6) is -0.465. The SMILES string of the molecule is CC1CCCN(C(=O)COC(=O)c2n[nH]c(=O)c3ccccc23)C1. The van der Waals surface area contributed by atoms with Gasteiger partial charge in [-0.3, -0.25) is 9.59 Å². The Balaban J connectivity index is 1.71. The Hall–Kier alpha value is -2.70. The lowest BCUT2D eigenvalue weighted by atomic mass is 10.0. The van der Waals surface area contributed by atoms with E-state index in [4.69, 9.17) is 4.74 Å². The number of fused-ring (bicyclic) bond motifs is 1. The smallest absolute Gasteiger partial charge is 0.359 e. The van der Waals surface area contributed by atoms with Gasteiger partial charge in [-0.1, -0.05) is 25.1 Å². The fraction of sp³-hybridized carbons (Fsp3) is 0.412. The van der Waals surface area contributed by atoms with Gasteiger partial charge in [-0.05, 0) is 24.8 Å². The van der Waals surface area contributed by atoms with Gasteiger partial charge in [-0.25, -0.2) is 9.89 Å². The van der Waals surface area contributed by atoms with Crippen molar-refractivity contribution in [3.05, 3.63) is 40.3 Å². The van der Waals surface area contributed by atoms with E-state index in [0.29, 0.717) is 29.8 Å². The highest BCUT2D eigenvalue weighted by atomic mass is 16.5. The molecule has 1 atom stereocenters. The maximum atomic E-state index is 12.2.